The Labute approximate surface area is 154 Å². The Kier molecular flexibility index (Phi) is 6.81. The second-order valence-electron chi connectivity index (χ2n) is 5.04. The number of anilines is 1. The monoisotopic (exact) mass is 377 g/mol. The van der Waals surface area contributed by atoms with Gasteiger partial charge in [-0.15, -0.1) is 0 Å². The minimum Gasteiger partial charge on any atom is -0.389 e. The van der Waals surface area contributed by atoms with Crippen molar-refractivity contribution in [3.63, 3.8) is 0 Å². The fourth-order valence-corrected chi connectivity index (χ4v) is 2.35. The van der Waals surface area contributed by atoms with E-state index in [9.17, 15) is 9.18 Å². The van der Waals surface area contributed by atoms with E-state index < -0.39 is 5.91 Å². The zero-order valence-electron chi connectivity index (χ0n) is 13.0. The van der Waals surface area contributed by atoms with Gasteiger partial charge in [-0.25, -0.2) is 4.39 Å². The molecule has 0 spiro atoms. The minimum atomic E-state index is -0.620. The third-order valence-electron chi connectivity index (χ3n) is 3.28. The van der Waals surface area contributed by atoms with Gasteiger partial charge in [-0.1, -0.05) is 41.4 Å². The highest BCUT2D eigenvalue weighted by molar-refractivity contribution is 6.35. The van der Waals surface area contributed by atoms with Gasteiger partial charge in [-0.2, -0.15) is 5.26 Å². The van der Waals surface area contributed by atoms with Crippen LogP contribution in [0.25, 0.3) is 0 Å². The van der Waals surface area contributed by atoms with Gasteiger partial charge in [0.1, 0.15) is 17.5 Å². The molecule has 4 nitrogen and oxygen atoms in total. The van der Waals surface area contributed by atoms with E-state index in [1.54, 1.807) is 36.4 Å². The average Bonchev–Trinajstić information content (AvgIpc) is 2.59. The fourth-order valence-electron chi connectivity index (χ4n) is 2.01. The number of rotatable bonds is 6. The van der Waals surface area contributed by atoms with Crippen molar-refractivity contribution in [2.45, 2.75) is 6.42 Å². The Hall–Kier alpha value is -2.55. The highest BCUT2D eigenvalue weighted by atomic mass is 35.5. The van der Waals surface area contributed by atoms with Gasteiger partial charge < -0.3 is 10.6 Å². The van der Waals surface area contributed by atoms with Crippen molar-refractivity contribution in [2.75, 3.05) is 11.9 Å². The summed E-state index contributed by atoms with van der Waals surface area (Å²) in [5.74, 6) is -0.910. The van der Waals surface area contributed by atoms with E-state index in [-0.39, 0.29) is 11.4 Å². The first-order valence-corrected chi connectivity index (χ1v) is 8.10. The third kappa shape index (κ3) is 5.49. The molecule has 0 aliphatic carbocycles. The predicted octanol–water partition coefficient (Wildman–Crippen LogP) is 4.31. The molecule has 2 aromatic rings. The van der Waals surface area contributed by atoms with E-state index in [1.807, 2.05) is 0 Å². The van der Waals surface area contributed by atoms with Crippen LogP contribution < -0.4 is 10.6 Å². The van der Waals surface area contributed by atoms with Crippen LogP contribution in [0.1, 0.15) is 5.56 Å². The first-order chi connectivity index (χ1) is 12.0. The van der Waals surface area contributed by atoms with Crippen LogP contribution in [-0.4, -0.2) is 12.5 Å². The number of halogens is 3. The number of carbonyl (C=O) groups is 1. The Morgan fingerprint density at radius 2 is 2.00 bits per heavy atom. The molecule has 0 unspecified atom stereocenters. The molecule has 0 aliphatic heterocycles. The summed E-state index contributed by atoms with van der Waals surface area (Å²) in [6.07, 6.45) is 1.71. The first-order valence-electron chi connectivity index (χ1n) is 7.34. The Balaban J connectivity index is 1.95. The van der Waals surface area contributed by atoms with E-state index in [0.29, 0.717) is 34.3 Å². The lowest BCUT2D eigenvalue weighted by Crippen LogP contribution is -2.18. The van der Waals surface area contributed by atoms with Crippen LogP contribution in [0, 0.1) is 17.1 Å². The number of nitrogens with one attached hydrogen (secondary N) is 2. The molecule has 2 rings (SSSR count). The summed E-state index contributed by atoms with van der Waals surface area (Å²) in [6.45, 7) is 0.372. The summed E-state index contributed by atoms with van der Waals surface area (Å²) in [5.41, 5.74) is 0.730. The van der Waals surface area contributed by atoms with Crippen LogP contribution in [0.2, 0.25) is 10.0 Å². The number of hydrogen-bond donors (Lipinski definition) is 2. The molecule has 0 saturated carbocycles. The van der Waals surface area contributed by atoms with Crippen molar-refractivity contribution in [2.24, 2.45) is 0 Å². The van der Waals surface area contributed by atoms with E-state index in [1.165, 1.54) is 18.3 Å². The smallest absolute Gasteiger partial charge is 0.267 e. The number of amides is 1. The van der Waals surface area contributed by atoms with Crippen LogP contribution in [0.15, 0.2) is 54.2 Å². The van der Waals surface area contributed by atoms with Gasteiger partial charge >= 0.3 is 0 Å². The molecule has 7 heteroatoms. The number of carbonyl (C=O) groups excluding carboxylic acids is 1. The first kappa shape index (κ1) is 18.8. The molecule has 0 saturated heterocycles. The van der Waals surface area contributed by atoms with Gasteiger partial charge in [-0.3, -0.25) is 4.79 Å². The normalized spacial score (nSPS) is 10.9. The summed E-state index contributed by atoms with van der Waals surface area (Å²) >= 11 is 11.8. The largest absolute Gasteiger partial charge is 0.389 e. The van der Waals surface area contributed by atoms with Crippen LogP contribution in [0.3, 0.4) is 0 Å². The highest BCUT2D eigenvalue weighted by Gasteiger charge is 2.11. The average molecular weight is 378 g/mol. The Morgan fingerprint density at radius 3 is 2.72 bits per heavy atom. The predicted molar refractivity (Wildman–Crippen MR) is 96.9 cm³/mol. The van der Waals surface area contributed by atoms with Gasteiger partial charge in [0.2, 0.25) is 0 Å². The second-order valence-corrected chi connectivity index (χ2v) is 5.89. The van der Waals surface area contributed by atoms with Crippen molar-refractivity contribution in [1.82, 2.24) is 5.32 Å². The van der Waals surface area contributed by atoms with Crippen LogP contribution in [-0.2, 0) is 11.2 Å². The van der Waals surface area contributed by atoms with Crippen LogP contribution in [0.4, 0.5) is 10.1 Å². The molecule has 0 radical (unpaired) electrons. The van der Waals surface area contributed by atoms with Crippen LogP contribution in [0.5, 0.6) is 0 Å². The molecule has 1 amide bonds. The summed E-state index contributed by atoms with van der Waals surface area (Å²) in [6, 6.07) is 12.8. The number of nitrogens with zero attached hydrogens (tertiary/aromatic N) is 1. The van der Waals surface area contributed by atoms with Crippen LogP contribution >= 0.6 is 23.2 Å². The number of nitriles is 1. The quantitative estimate of drug-likeness (QED) is 0.447. The zero-order valence-corrected chi connectivity index (χ0v) is 14.5. The van der Waals surface area contributed by atoms with Crippen molar-refractivity contribution in [1.29, 1.82) is 5.26 Å². The van der Waals surface area contributed by atoms with Crippen molar-refractivity contribution in [3.05, 3.63) is 75.7 Å². The summed E-state index contributed by atoms with van der Waals surface area (Å²) in [4.78, 5) is 12.1. The maximum Gasteiger partial charge on any atom is 0.267 e. The van der Waals surface area contributed by atoms with Gasteiger partial charge in [-0.05, 0) is 36.2 Å². The number of hydrogen-bond acceptors (Lipinski definition) is 3. The lowest BCUT2D eigenvalue weighted by atomic mass is 10.1. The summed E-state index contributed by atoms with van der Waals surface area (Å²) in [5, 5.41) is 15.2. The lowest BCUT2D eigenvalue weighted by Gasteiger charge is -2.07. The Morgan fingerprint density at radius 1 is 1.24 bits per heavy atom. The van der Waals surface area contributed by atoms with E-state index in [0.717, 1.165) is 0 Å². The minimum absolute atomic E-state index is 0.135. The molecule has 2 N–H and O–H groups in total. The summed E-state index contributed by atoms with van der Waals surface area (Å²) in [7, 11) is 0. The van der Waals surface area contributed by atoms with E-state index in [2.05, 4.69) is 10.6 Å². The molecular formula is C18H14Cl2FN3O. The SMILES string of the molecule is N#C/C(=C/NCCc1ccccc1F)C(=O)Nc1cc(Cl)ccc1Cl. The molecule has 128 valence electrons. The third-order valence-corrected chi connectivity index (χ3v) is 3.85. The molecule has 2 aromatic carbocycles. The second kappa shape index (κ2) is 9.07. The molecule has 0 fully saturated rings. The highest BCUT2D eigenvalue weighted by Crippen LogP contribution is 2.25. The van der Waals surface area contributed by atoms with E-state index >= 15 is 0 Å². The maximum absolute atomic E-state index is 13.5. The Bertz CT molecular complexity index is 846. The van der Waals surface area contributed by atoms with Gasteiger partial charge in [0.25, 0.3) is 5.91 Å². The zero-order chi connectivity index (χ0) is 18.2. The summed E-state index contributed by atoms with van der Waals surface area (Å²) < 4.78 is 13.5. The topological polar surface area (TPSA) is 64.9 Å². The van der Waals surface area contributed by atoms with Crippen molar-refractivity contribution in [3.8, 4) is 6.07 Å². The van der Waals surface area contributed by atoms with Gasteiger partial charge in [0.05, 0.1) is 10.7 Å². The molecule has 0 heterocycles. The molecular weight excluding hydrogens is 364 g/mol. The lowest BCUT2D eigenvalue weighted by molar-refractivity contribution is -0.112. The van der Waals surface area contributed by atoms with E-state index in [4.69, 9.17) is 28.5 Å². The fraction of sp³-hybridized carbons (Fsp3) is 0.111. The number of benzene rings is 2. The molecule has 0 aromatic heterocycles. The van der Waals surface area contributed by atoms with Gasteiger partial charge in [0.15, 0.2) is 0 Å². The standard InChI is InChI=1S/C18H14Cl2FN3O/c19-14-5-6-15(20)17(9-14)24-18(25)13(10-22)11-23-8-7-12-3-1-2-4-16(12)21/h1-6,9,11,23H,7-8H2,(H,24,25)/b13-11-. The van der Waals surface area contributed by atoms with Gasteiger partial charge in [0, 0.05) is 17.8 Å². The molecule has 0 aliphatic rings. The maximum atomic E-state index is 13.5. The molecule has 25 heavy (non-hydrogen) atoms. The van der Waals surface area contributed by atoms with Crippen molar-refractivity contribution >= 4 is 34.8 Å². The molecule has 0 bridgehead atoms. The molecule has 0 atom stereocenters. The van der Waals surface area contributed by atoms with Crippen molar-refractivity contribution < 1.29 is 9.18 Å².